The van der Waals surface area contributed by atoms with Crippen LogP contribution in [0.4, 0.5) is 0 Å². The van der Waals surface area contributed by atoms with E-state index < -0.39 is 0 Å². The monoisotopic (exact) mass is 161 g/mol. The lowest BCUT2D eigenvalue weighted by molar-refractivity contribution is 0.571. The van der Waals surface area contributed by atoms with Crippen LogP contribution in [0.1, 0.15) is 31.4 Å². The lowest BCUT2D eigenvalue weighted by Crippen LogP contribution is -2.20. The van der Waals surface area contributed by atoms with Gasteiger partial charge in [-0.1, -0.05) is 30.3 Å². The fraction of sp³-hybridized carbons (Fsp3) is 0.455. The zero-order chi connectivity index (χ0) is 8.39. The standard InChI is InChI=1S/C11H15N/c1-9(12-11-7-8-11)10-5-3-2-4-6-10/h2-6,9,11-12H,7-8H2,1H3/t9-/m1/s1. The summed E-state index contributed by atoms with van der Waals surface area (Å²) in [6, 6.07) is 11.9. The highest BCUT2D eigenvalue weighted by atomic mass is 15.0. The van der Waals surface area contributed by atoms with E-state index in [0.29, 0.717) is 6.04 Å². The van der Waals surface area contributed by atoms with E-state index in [1.807, 2.05) is 0 Å². The lowest BCUT2D eigenvalue weighted by Gasteiger charge is -2.12. The van der Waals surface area contributed by atoms with Crippen LogP contribution in [0.2, 0.25) is 0 Å². The predicted octanol–water partition coefficient (Wildman–Crippen LogP) is 2.50. The first kappa shape index (κ1) is 7.81. The fourth-order valence-corrected chi connectivity index (χ4v) is 1.44. The van der Waals surface area contributed by atoms with Crippen molar-refractivity contribution in [1.29, 1.82) is 0 Å². The number of nitrogens with one attached hydrogen (secondary N) is 1. The summed E-state index contributed by atoms with van der Waals surface area (Å²) in [7, 11) is 0. The van der Waals surface area contributed by atoms with Gasteiger partial charge in [0.25, 0.3) is 0 Å². The third kappa shape index (κ3) is 1.86. The van der Waals surface area contributed by atoms with Gasteiger partial charge in [0, 0.05) is 12.1 Å². The second kappa shape index (κ2) is 3.28. The van der Waals surface area contributed by atoms with Gasteiger partial charge in [0.1, 0.15) is 0 Å². The minimum absolute atomic E-state index is 0.513. The van der Waals surface area contributed by atoms with E-state index in [9.17, 15) is 0 Å². The van der Waals surface area contributed by atoms with E-state index in [1.165, 1.54) is 18.4 Å². The van der Waals surface area contributed by atoms with Crippen molar-refractivity contribution in [3.8, 4) is 0 Å². The van der Waals surface area contributed by atoms with Crippen molar-refractivity contribution in [2.75, 3.05) is 0 Å². The first-order valence-corrected chi connectivity index (χ1v) is 4.67. The quantitative estimate of drug-likeness (QED) is 0.718. The highest BCUT2D eigenvalue weighted by molar-refractivity contribution is 5.18. The van der Waals surface area contributed by atoms with Crippen LogP contribution < -0.4 is 5.32 Å². The van der Waals surface area contributed by atoms with E-state index in [-0.39, 0.29) is 0 Å². The molecule has 0 aromatic heterocycles. The summed E-state index contributed by atoms with van der Waals surface area (Å²) in [4.78, 5) is 0. The van der Waals surface area contributed by atoms with Crippen molar-refractivity contribution in [3.63, 3.8) is 0 Å². The van der Waals surface area contributed by atoms with Crippen LogP contribution in [-0.2, 0) is 0 Å². The van der Waals surface area contributed by atoms with Gasteiger partial charge in [-0.2, -0.15) is 0 Å². The zero-order valence-corrected chi connectivity index (χ0v) is 7.46. The zero-order valence-electron chi connectivity index (χ0n) is 7.46. The highest BCUT2D eigenvalue weighted by Gasteiger charge is 2.22. The molecule has 1 saturated carbocycles. The van der Waals surface area contributed by atoms with Crippen LogP contribution in [0.5, 0.6) is 0 Å². The highest BCUT2D eigenvalue weighted by Crippen LogP contribution is 2.23. The van der Waals surface area contributed by atoms with Gasteiger partial charge < -0.3 is 5.32 Å². The smallest absolute Gasteiger partial charge is 0.0294 e. The summed E-state index contributed by atoms with van der Waals surface area (Å²) < 4.78 is 0. The Balaban J connectivity index is 1.98. The van der Waals surface area contributed by atoms with Gasteiger partial charge in [0.15, 0.2) is 0 Å². The van der Waals surface area contributed by atoms with Crippen LogP contribution in [-0.4, -0.2) is 6.04 Å². The summed E-state index contributed by atoms with van der Waals surface area (Å²) in [5.74, 6) is 0. The fourth-order valence-electron chi connectivity index (χ4n) is 1.44. The van der Waals surface area contributed by atoms with Gasteiger partial charge in [0.05, 0.1) is 0 Å². The molecule has 0 aliphatic heterocycles. The van der Waals surface area contributed by atoms with Crippen LogP contribution in [0, 0.1) is 0 Å². The molecule has 2 rings (SSSR count). The van der Waals surface area contributed by atoms with E-state index in [0.717, 1.165) is 6.04 Å². The minimum Gasteiger partial charge on any atom is -0.307 e. The molecule has 1 nitrogen and oxygen atoms in total. The Kier molecular flexibility index (Phi) is 2.13. The van der Waals surface area contributed by atoms with E-state index in [2.05, 4.69) is 42.6 Å². The van der Waals surface area contributed by atoms with Crippen molar-refractivity contribution in [2.24, 2.45) is 0 Å². The molecular weight excluding hydrogens is 146 g/mol. The molecule has 1 atom stereocenters. The average molecular weight is 161 g/mol. The molecular formula is C11H15N. The second-order valence-electron chi connectivity index (χ2n) is 3.57. The average Bonchev–Trinajstić information content (AvgIpc) is 2.90. The van der Waals surface area contributed by atoms with Gasteiger partial charge in [-0.25, -0.2) is 0 Å². The Labute approximate surface area is 73.8 Å². The molecule has 1 aromatic rings. The Morgan fingerprint density at radius 3 is 2.50 bits per heavy atom. The molecule has 1 N–H and O–H groups in total. The number of hydrogen-bond acceptors (Lipinski definition) is 1. The van der Waals surface area contributed by atoms with Crippen LogP contribution in [0.3, 0.4) is 0 Å². The van der Waals surface area contributed by atoms with Gasteiger partial charge in [-0.05, 0) is 25.3 Å². The third-order valence-electron chi connectivity index (χ3n) is 2.36. The van der Waals surface area contributed by atoms with Gasteiger partial charge >= 0.3 is 0 Å². The van der Waals surface area contributed by atoms with E-state index in [4.69, 9.17) is 0 Å². The summed E-state index contributed by atoms with van der Waals surface area (Å²) in [5, 5.41) is 3.57. The van der Waals surface area contributed by atoms with Gasteiger partial charge in [-0.15, -0.1) is 0 Å². The van der Waals surface area contributed by atoms with Crippen LogP contribution in [0.15, 0.2) is 30.3 Å². The molecule has 0 bridgehead atoms. The van der Waals surface area contributed by atoms with Gasteiger partial charge in [-0.3, -0.25) is 0 Å². The molecule has 0 spiro atoms. The maximum atomic E-state index is 3.57. The Bertz CT molecular complexity index is 238. The molecule has 1 heteroatoms. The second-order valence-corrected chi connectivity index (χ2v) is 3.57. The molecule has 1 aliphatic carbocycles. The van der Waals surface area contributed by atoms with E-state index in [1.54, 1.807) is 0 Å². The molecule has 0 amide bonds. The molecule has 0 saturated heterocycles. The molecule has 12 heavy (non-hydrogen) atoms. The Morgan fingerprint density at radius 1 is 1.25 bits per heavy atom. The normalized spacial score (nSPS) is 19.1. The van der Waals surface area contributed by atoms with Crippen molar-refractivity contribution in [3.05, 3.63) is 35.9 Å². The Hall–Kier alpha value is -0.820. The third-order valence-corrected chi connectivity index (χ3v) is 2.36. The maximum Gasteiger partial charge on any atom is 0.0294 e. The van der Waals surface area contributed by atoms with Crippen LogP contribution >= 0.6 is 0 Å². The lowest BCUT2D eigenvalue weighted by atomic mass is 10.1. The summed E-state index contributed by atoms with van der Waals surface area (Å²) in [6.07, 6.45) is 2.72. The minimum atomic E-state index is 0.513. The van der Waals surface area contributed by atoms with Crippen molar-refractivity contribution in [1.82, 2.24) is 5.32 Å². The summed E-state index contributed by atoms with van der Waals surface area (Å²) in [6.45, 7) is 2.23. The van der Waals surface area contributed by atoms with Crippen molar-refractivity contribution >= 4 is 0 Å². The summed E-state index contributed by atoms with van der Waals surface area (Å²) in [5.41, 5.74) is 1.39. The SMILES string of the molecule is C[C@@H](NC1CC1)c1ccccc1. The molecule has 0 unspecified atom stereocenters. The largest absolute Gasteiger partial charge is 0.307 e. The first-order chi connectivity index (χ1) is 5.86. The topological polar surface area (TPSA) is 12.0 Å². The molecule has 64 valence electrons. The number of benzene rings is 1. The molecule has 1 aliphatic rings. The molecule has 0 radical (unpaired) electrons. The predicted molar refractivity (Wildman–Crippen MR) is 51.0 cm³/mol. The van der Waals surface area contributed by atoms with Gasteiger partial charge in [0.2, 0.25) is 0 Å². The molecule has 1 aromatic carbocycles. The van der Waals surface area contributed by atoms with Crippen molar-refractivity contribution < 1.29 is 0 Å². The van der Waals surface area contributed by atoms with E-state index >= 15 is 0 Å². The first-order valence-electron chi connectivity index (χ1n) is 4.67. The Morgan fingerprint density at radius 2 is 1.92 bits per heavy atom. The molecule has 0 heterocycles. The number of rotatable bonds is 3. The van der Waals surface area contributed by atoms with Crippen LogP contribution in [0.25, 0.3) is 0 Å². The summed E-state index contributed by atoms with van der Waals surface area (Å²) >= 11 is 0. The number of hydrogen-bond donors (Lipinski definition) is 1. The maximum absolute atomic E-state index is 3.57. The van der Waals surface area contributed by atoms with Crippen molar-refractivity contribution in [2.45, 2.75) is 31.8 Å². The molecule has 1 fully saturated rings.